The Hall–Kier alpha value is -1.75. The fraction of sp³-hybridized carbons (Fsp3) is 0.474. The highest BCUT2D eigenvalue weighted by molar-refractivity contribution is 8.04. The third-order valence-corrected chi connectivity index (χ3v) is 5.67. The lowest BCUT2D eigenvalue weighted by atomic mass is 9.70. The van der Waals surface area contributed by atoms with Crippen LogP contribution in [0.2, 0.25) is 0 Å². The van der Waals surface area contributed by atoms with Crippen molar-refractivity contribution >= 4 is 29.3 Å². The molecule has 0 radical (unpaired) electrons. The van der Waals surface area contributed by atoms with Crippen molar-refractivity contribution in [2.75, 3.05) is 5.32 Å². The molecule has 1 aromatic rings. The van der Waals surface area contributed by atoms with E-state index in [1.54, 1.807) is 0 Å². The summed E-state index contributed by atoms with van der Waals surface area (Å²) in [5.74, 6) is 0.207. The van der Waals surface area contributed by atoms with Gasteiger partial charge in [0.05, 0.1) is 10.6 Å². The Morgan fingerprint density at radius 3 is 2.83 bits per heavy atom. The van der Waals surface area contributed by atoms with Gasteiger partial charge in [-0.25, -0.2) is 0 Å². The standard InChI is InChI=1S/C19H24N2O2S/c1-12-8-13(11-19(2,3)10-12)20-17(22)9-16-18(23)21-14-6-4-5-7-15(14)24-16/h4-7,9,12-13H,8,10-11H2,1-3H3,(H,20,22)(H,21,23)/b16-9+. The summed E-state index contributed by atoms with van der Waals surface area (Å²) < 4.78 is 0. The molecule has 24 heavy (non-hydrogen) atoms. The van der Waals surface area contributed by atoms with Crippen LogP contribution in [0.25, 0.3) is 0 Å². The third-order valence-electron chi connectivity index (χ3n) is 4.57. The molecule has 0 aromatic heterocycles. The lowest BCUT2D eigenvalue weighted by Gasteiger charge is -2.39. The molecular formula is C19H24N2O2S. The molecule has 3 rings (SSSR count). The lowest BCUT2D eigenvalue weighted by Crippen LogP contribution is -2.42. The van der Waals surface area contributed by atoms with E-state index in [4.69, 9.17) is 0 Å². The molecule has 128 valence electrons. The van der Waals surface area contributed by atoms with Gasteiger partial charge in [-0.3, -0.25) is 9.59 Å². The van der Waals surface area contributed by atoms with Crippen LogP contribution in [-0.2, 0) is 9.59 Å². The van der Waals surface area contributed by atoms with Crippen molar-refractivity contribution in [3.05, 3.63) is 35.2 Å². The summed E-state index contributed by atoms with van der Waals surface area (Å²) in [7, 11) is 0. The molecule has 2 amide bonds. The highest BCUT2D eigenvalue weighted by atomic mass is 32.2. The molecule has 0 spiro atoms. The Morgan fingerprint density at radius 2 is 2.08 bits per heavy atom. The number of carbonyl (C=O) groups is 2. The van der Waals surface area contributed by atoms with Crippen LogP contribution in [0.1, 0.15) is 40.0 Å². The zero-order valence-corrected chi connectivity index (χ0v) is 15.2. The van der Waals surface area contributed by atoms with E-state index in [0.717, 1.165) is 23.4 Å². The van der Waals surface area contributed by atoms with Crippen LogP contribution in [0.3, 0.4) is 0 Å². The number of carbonyl (C=O) groups excluding carboxylic acids is 2. The van der Waals surface area contributed by atoms with Crippen molar-refractivity contribution in [1.29, 1.82) is 0 Å². The number of hydrogen-bond acceptors (Lipinski definition) is 3. The van der Waals surface area contributed by atoms with Crippen LogP contribution in [0.5, 0.6) is 0 Å². The van der Waals surface area contributed by atoms with E-state index in [2.05, 4.69) is 31.4 Å². The molecular weight excluding hydrogens is 320 g/mol. The molecule has 2 unspecified atom stereocenters. The SMILES string of the molecule is CC1CC(NC(=O)/C=C2/Sc3ccccc3NC2=O)CC(C)(C)C1. The Labute approximate surface area is 147 Å². The van der Waals surface area contributed by atoms with Crippen LogP contribution in [0, 0.1) is 11.3 Å². The highest BCUT2D eigenvalue weighted by Crippen LogP contribution is 2.39. The number of para-hydroxylation sites is 1. The largest absolute Gasteiger partial charge is 0.350 e. The Morgan fingerprint density at radius 1 is 1.33 bits per heavy atom. The van der Waals surface area contributed by atoms with Gasteiger partial charge in [-0.15, -0.1) is 0 Å². The molecule has 1 heterocycles. The predicted octanol–water partition coefficient (Wildman–Crippen LogP) is 3.95. The fourth-order valence-corrected chi connectivity index (χ4v) is 4.84. The Kier molecular flexibility index (Phi) is 4.72. The van der Waals surface area contributed by atoms with Crippen molar-refractivity contribution in [2.45, 2.75) is 51.0 Å². The highest BCUT2D eigenvalue weighted by Gasteiger charge is 2.32. The number of nitrogens with one attached hydrogen (secondary N) is 2. The van der Waals surface area contributed by atoms with Gasteiger partial charge in [0.15, 0.2) is 0 Å². The van der Waals surface area contributed by atoms with E-state index in [1.807, 2.05) is 24.3 Å². The van der Waals surface area contributed by atoms with Gasteiger partial charge in [0.25, 0.3) is 5.91 Å². The van der Waals surface area contributed by atoms with Gasteiger partial charge in [0.2, 0.25) is 5.91 Å². The number of benzene rings is 1. The van der Waals surface area contributed by atoms with Gasteiger partial charge in [0.1, 0.15) is 0 Å². The minimum atomic E-state index is -0.216. The van der Waals surface area contributed by atoms with Crippen LogP contribution in [0.4, 0.5) is 5.69 Å². The zero-order chi connectivity index (χ0) is 17.3. The first-order valence-corrected chi connectivity index (χ1v) is 9.24. The van der Waals surface area contributed by atoms with E-state index in [1.165, 1.54) is 24.3 Å². The minimum Gasteiger partial charge on any atom is -0.350 e. The first kappa shape index (κ1) is 17.1. The maximum atomic E-state index is 12.4. The molecule has 2 aliphatic rings. The van der Waals surface area contributed by atoms with E-state index >= 15 is 0 Å². The molecule has 1 fully saturated rings. The summed E-state index contributed by atoms with van der Waals surface area (Å²) in [5.41, 5.74) is 1.05. The summed E-state index contributed by atoms with van der Waals surface area (Å²) >= 11 is 1.34. The van der Waals surface area contributed by atoms with Crippen LogP contribution < -0.4 is 10.6 Å². The first-order valence-electron chi connectivity index (χ1n) is 8.43. The Bertz CT molecular complexity index is 696. The smallest absolute Gasteiger partial charge is 0.262 e. The van der Waals surface area contributed by atoms with Crippen molar-refractivity contribution in [1.82, 2.24) is 5.32 Å². The molecule has 2 atom stereocenters. The number of hydrogen-bond donors (Lipinski definition) is 2. The quantitative estimate of drug-likeness (QED) is 0.799. The van der Waals surface area contributed by atoms with Crippen LogP contribution in [-0.4, -0.2) is 17.9 Å². The summed E-state index contributed by atoms with van der Waals surface area (Å²) in [4.78, 5) is 25.9. The van der Waals surface area contributed by atoms with Crippen molar-refractivity contribution < 1.29 is 9.59 Å². The normalized spacial score (nSPS) is 27.3. The molecule has 5 heteroatoms. The minimum absolute atomic E-state index is 0.178. The second-order valence-electron chi connectivity index (χ2n) is 7.68. The number of fused-ring (bicyclic) bond motifs is 1. The van der Waals surface area contributed by atoms with Gasteiger partial charge in [-0.1, -0.05) is 44.7 Å². The first-order chi connectivity index (χ1) is 11.3. The maximum Gasteiger partial charge on any atom is 0.262 e. The molecule has 1 saturated carbocycles. The van der Waals surface area contributed by atoms with E-state index in [9.17, 15) is 9.59 Å². The van der Waals surface area contributed by atoms with E-state index in [0.29, 0.717) is 10.8 Å². The van der Waals surface area contributed by atoms with E-state index in [-0.39, 0.29) is 23.3 Å². The second-order valence-corrected chi connectivity index (χ2v) is 8.76. The molecule has 2 N–H and O–H groups in total. The third kappa shape index (κ3) is 4.01. The van der Waals surface area contributed by atoms with Gasteiger partial charge < -0.3 is 10.6 Å². The monoisotopic (exact) mass is 344 g/mol. The predicted molar refractivity (Wildman–Crippen MR) is 97.7 cm³/mol. The van der Waals surface area contributed by atoms with Gasteiger partial charge in [-0.2, -0.15) is 0 Å². The summed E-state index contributed by atoms with van der Waals surface area (Å²) in [5, 5.41) is 5.92. The number of amides is 2. The fourth-order valence-electron chi connectivity index (χ4n) is 3.92. The van der Waals surface area contributed by atoms with Crippen LogP contribution >= 0.6 is 11.8 Å². The second kappa shape index (κ2) is 6.63. The maximum absolute atomic E-state index is 12.4. The lowest BCUT2D eigenvalue weighted by molar-refractivity contribution is -0.118. The number of thioether (sulfide) groups is 1. The molecule has 1 aliphatic heterocycles. The Balaban J connectivity index is 1.68. The van der Waals surface area contributed by atoms with Gasteiger partial charge in [0, 0.05) is 17.0 Å². The average molecular weight is 344 g/mol. The molecule has 0 saturated heterocycles. The van der Waals surface area contributed by atoms with Crippen molar-refractivity contribution in [2.24, 2.45) is 11.3 Å². The summed E-state index contributed by atoms with van der Waals surface area (Å²) in [6.07, 6.45) is 4.60. The zero-order valence-electron chi connectivity index (χ0n) is 14.4. The summed E-state index contributed by atoms with van der Waals surface area (Å²) in [6.45, 7) is 6.74. The molecule has 4 nitrogen and oxygen atoms in total. The molecule has 1 aromatic carbocycles. The molecule has 1 aliphatic carbocycles. The van der Waals surface area contributed by atoms with Crippen molar-refractivity contribution in [3.63, 3.8) is 0 Å². The van der Waals surface area contributed by atoms with Crippen molar-refractivity contribution in [3.8, 4) is 0 Å². The molecule has 0 bridgehead atoms. The summed E-state index contributed by atoms with van der Waals surface area (Å²) in [6, 6.07) is 7.79. The van der Waals surface area contributed by atoms with E-state index < -0.39 is 0 Å². The number of rotatable bonds is 2. The van der Waals surface area contributed by atoms with Crippen LogP contribution in [0.15, 0.2) is 40.1 Å². The average Bonchev–Trinajstić information content (AvgIpc) is 2.45. The van der Waals surface area contributed by atoms with Gasteiger partial charge >= 0.3 is 0 Å². The topological polar surface area (TPSA) is 58.2 Å². The van der Waals surface area contributed by atoms with Gasteiger partial charge in [-0.05, 0) is 42.7 Å². The number of anilines is 1.